The molecule has 180 valence electrons. The lowest BCUT2D eigenvalue weighted by Gasteiger charge is -2.10. The number of carbonyl (C=O) groups is 2. The summed E-state index contributed by atoms with van der Waals surface area (Å²) in [5.41, 5.74) is 3.60. The minimum Gasteiger partial charge on any atom is -0.483 e. The number of thiophene rings is 1. The van der Waals surface area contributed by atoms with Crippen LogP contribution in [0.4, 0.5) is 10.7 Å². The van der Waals surface area contributed by atoms with Crippen molar-refractivity contribution < 1.29 is 14.3 Å². The third-order valence-corrected chi connectivity index (χ3v) is 7.00. The number of nitriles is 2. The number of nitrogens with zero attached hydrogens (tertiary/aromatic N) is 2. The monoisotopic (exact) mass is 496 g/mol. The Labute approximate surface area is 213 Å². The number of anilines is 2. The predicted octanol–water partition coefficient (Wildman–Crippen LogP) is 5.37. The van der Waals surface area contributed by atoms with Crippen LogP contribution in [0, 0.1) is 29.6 Å². The van der Waals surface area contributed by atoms with Crippen LogP contribution in [0.5, 0.6) is 5.75 Å². The maximum Gasteiger partial charge on any atom is 0.266 e. The zero-order chi connectivity index (χ0) is 25.5. The second-order valence-corrected chi connectivity index (χ2v) is 9.50. The topological polar surface area (TPSA) is 115 Å². The summed E-state index contributed by atoms with van der Waals surface area (Å²) in [6, 6.07) is 18.4. The van der Waals surface area contributed by atoms with Gasteiger partial charge in [0.2, 0.25) is 0 Å². The van der Waals surface area contributed by atoms with E-state index in [-0.39, 0.29) is 18.1 Å². The van der Waals surface area contributed by atoms with Gasteiger partial charge in [-0.3, -0.25) is 9.59 Å². The van der Waals surface area contributed by atoms with Crippen molar-refractivity contribution in [1.82, 2.24) is 0 Å². The molecular weight excluding hydrogens is 472 g/mol. The minimum atomic E-state index is -0.598. The number of para-hydroxylation sites is 1. The van der Waals surface area contributed by atoms with Crippen LogP contribution in [0.25, 0.3) is 6.08 Å². The van der Waals surface area contributed by atoms with E-state index >= 15 is 0 Å². The van der Waals surface area contributed by atoms with Gasteiger partial charge in [-0.15, -0.1) is 11.3 Å². The Morgan fingerprint density at radius 2 is 1.81 bits per heavy atom. The van der Waals surface area contributed by atoms with E-state index in [0.29, 0.717) is 27.6 Å². The molecule has 1 aliphatic rings. The van der Waals surface area contributed by atoms with E-state index in [1.165, 1.54) is 17.4 Å². The van der Waals surface area contributed by atoms with Gasteiger partial charge in [0.25, 0.3) is 11.8 Å². The van der Waals surface area contributed by atoms with Gasteiger partial charge in [0.15, 0.2) is 6.61 Å². The van der Waals surface area contributed by atoms with Gasteiger partial charge in [0.05, 0.1) is 5.56 Å². The molecule has 7 nitrogen and oxygen atoms in total. The largest absolute Gasteiger partial charge is 0.483 e. The highest BCUT2D eigenvalue weighted by Crippen LogP contribution is 2.37. The predicted molar refractivity (Wildman–Crippen MR) is 140 cm³/mol. The van der Waals surface area contributed by atoms with Crippen LogP contribution < -0.4 is 15.4 Å². The number of amides is 2. The van der Waals surface area contributed by atoms with Crippen molar-refractivity contribution in [1.29, 1.82) is 10.5 Å². The minimum absolute atomic E-state index is 0.134. The molecule has 0 spiro atoms. The lowest BCUT2D eigenvalue weighted by Crippen LogP contribution is -2.20. The molecule has 0 fully saturated rings. The summed E-state index contributed by atoms with van der Waals surface area (Å²) in [7, 11) is 0. The zero-order valence-corrected chi connectivity index (χ0v) is 20.6. The number of ether oxygens (including phenoxy) is 1. The Kier molecular flexibility index (Phi) is 7.79. The van der Waals surface area contributed by atoms with E-state index in [4.69, 9.17) is 4.74 Å². The molecule has 4 rings (SSSR count). The van der Waals surface area contributed by atoms with Crippen molar-refractivity contribution >= 4 is 39.9 Å². The van der Waals surface area contributed by atoms with Crippen LogP contribution in [0.1, 0.15) is 40.0 Å². The number of fused-ring (bicyclic) bond motifs is 1. The van der Waals surface area contributed by atoms with Gasteiger partial charge in [-0.1, -0.05) is 35.9 Å². The molecule has 1 heterocycles. The van der Waals surface area contributed by atoms with Crippen LogP contribution >= 0.6 is 11.3 Å². The lowest BCUT2D eigenvalue weighted by molar-refractivity contribution is -0.118. The molecule has 0 saturated heterocycles. The molecule has 2 aromatic carbocycles. The van der Waals surface area contributed by atoms with Crippen LogP contribution in [-0.2, 0) is 22.4 Å². The Balaban J connectivity index is 1.47. The van der Waals surface area contributed by atoms with Crippen molar-refractivity contribution in [3.05, 3.63) is 81.2 Å². The zero-order valence-electron chi connectivity index (χ0n) is 19.8. The second-order valence-electron chi connectivity index (χ2n) is 8.39. The Morgan fingerprint density at radius 3 is 2.56 bits per heavy atom. The van der Waals surface area contributed by atoms with Crippen LogP contribution in [0.3, 0.4) is 0 Å². The smallest absolute Gasteiger partial charge is 0.266 e. The molecule has 2 N–H and O–H groups in total. The van der Waals surface area contributed by atoms with Crippen molar-refractivity contribution in [2.45, 2.75) is 32.6 Å². The second kappa shape index (κ2) is 11.4. The first-order valence-corrected chi connectivity index (χ1v) is 12.4. The number of carbonyl (C=O) groups excluding carboxylic acids is 2. The molecule has 2 amide bonds. The molecule has 0 saturated carbocycles. The van der Waals surface area contributed by atoms with Gasteiger partial charge in [0, 0.05) is 16.1 Å². The van der Waals surface area contributed by atoms with Gasteiger partial charge in [-0.25, -0.2) is 0 Å². The van der Waals surface area contributed by atoms with E-state index in [0.717, 1.165) is 41.7 Å². The van der Waals surface area contributed by atoms with Crippen molar-refractivity contribution in [3.63, 3.8) is 0 Å². The summed E-state index contributed by atoms with van der Waals surface area (Å²) in [5.74, 6) is -0.567. The number of nitrogens with one attached hydrogen (secondary N) is 2. The molecule has 8 heteroatoms. The molecule has 3 aromatic rings. The molecule has 0 radical (unpaired) electrons. The van der Waals surface area contributed by atoms with Crippen molar-refractivity contribution in [3.8, 4) is 17.9 Å². The molecule has 36 heavy (non-hydrogen) atoms. The molecular formula is C28H24N4O3S. The van der Waals surface area contributed by atoms with Crippen LogP contribution in [0.15, 0.2) is 54.1 Å². The highest BCUT2D eigenvalue weighted by Gasteiger charge is 2.23. The molecule has 1 aromatic heterocycles. The van der Waals surface area contributed by atoms with Gasteiger partial charge < -0.3 is 15.4 Å². The van der Waals surface area contributed by atoms with Gasteiger partial charge in [0.1, 0.15) is 28.5 Å². The van der Waals surface area contributed by atoms with Crippen molar-refractivity contribution in [2.75, 3.05) is 17.2 Å². The average Bonchev–Trinajstić information content (AvgIpc) is 3.24. The normalized spacial score (nSPS) is 12.6. The molecule has 0 atom stereocenters. The van der Waals surface area contributed by atoms with Gasteiger partial charge >= 0.3 is 0 Å². The average molecular weight is 497 g/mol. The molecule has 1 aliphatic carbocycles. The fraction of sp³-hybridized carbons (Fsp3) is 0.214. The summed E-state index contributed by atoms with van der Waals surface area (Å²) in [4.78, 5) is 26.4. The summed E-state index contributed by atoms with van der Waals surface area (Å²) < 4.78 is 5.69. The maximum absolute atomic E-state index is 12.9. The third-order valence-electron chi connectivity index (χ3n) is 5.79. The van der Waals surface area contributed by atoms with Crippen molar-refractivity contribution in [2.24, 2.45) is 0 Å². The van der Waals surface area contributed by atoms with E-state index in [2.05, 4.69) is 16.7 Å². The lowest BCUT2D eigenvalue weighted by atomic mass is 9.96. The quantitative estimate of drug-likeness (QED) is 0.337. The highest BCUT2D eigenvalue weighted by molar-refractivity contribution is 7.16. The number of hydrogen-bond donors (Lipinski definition) is 2. The summed E-state index contributed by atoms with van der Waals surface area (Å²) >= 11 is 1.40. The maximum atomic E-state index is 12.9. The fourth-order valence-corrected chi connectivity index (χ4v) is 5.19. The summed E-state index contributed by atoms with van der Waals surface area (Å²) in [6.07, 6.45) is 5.23. The van der Waals surface area contributed by atoms with E-state index in [1.807, 2.05) is 37.3 Å². The van der Waals surface area contributed by atoms with E-state index in [1.54, 1.807) is 24.3 Å². The van der Waals surface area contributed by atoms with Crippen LogP contribution in [-0.4, -0.2) is 18.4 Å². The van der Waals surface area contributed by atoms with Gasteiger partial charge in [-0.2, -0.15) is 10.5 Å². The highest BCUT2D eigenvalue weighted by atomic mass is 32.1. The Hall–Kier alpha value is -4.40. The molecule has 0 aliphatic heterocycles. The molecule has 0 bridgehead atoms. The first kappa shape index (κ1) is 24.7. The summed E-state index contributed by atoms with van der Waals surface area (Å²) in [5, 5.41) is 25.3. The third kappa shape index (κ3) is 5.80. The van der Waals surface area contributed by atoms with E-state index < -0.39 is 5.91 Å². The Morgan fingerprint density at radius 1 is 1.06 bits per heavy atom. The Bertz CT molecular complexity index is 1410. The first-order valence-electron chi connectivity index (χ1n) is 11.5. The molecule has 0 unspecified atom stereocenters. The van der Waals surface area contributed by atoms with E-state index in [9.17, 15) is 20.1 Å². The number of hydrogen-bond acceptors (Lipinski definition) is 6. The number of aryl methyl sites for hydroxylation is 2. The standard InChI is InChI=1S/C28H24N4O3S/c1-18-10-12-21(13-11-18)31-26(33)17-35-24-8-4-2-6-19(24)14-20(15-29)27(34)32-28-23(16-30)22-7-3-5-9-25(22)36-28/h2,4,6,8,10-14H,3,5,7,9,17H2,1H3,(H,31,33)(H,32,34)/b20-14+. The SMILES string of the molecule is Cc1ccc(NC(=O)COc2ccccc2/C=C(\C#N)C(=O)Nc2sc3c(c2C#N)CCCC3)cc1. The van der Waals surface area contributed by atoms with Gasteiger partial charge in [-0.05, 0) is 62.4 Å². The fourth-order valence-electron chi connectivity index (χ4n) is 3.96. The first-order chi connectivity index (χ1) is 17.5. The number of rotatable bonds is 7. The number of benzene rings is 2. The van der Waals surface area contributed by atoms with Crippen LogP contribution in [0.2, 0.25) is 0 Å². The summed E-state index contributed by atoms with van der Waals surface area (Å²) in [6.45, 7) is 1.73.